The van der Waals surface area contributed by atoms with E-state index >= 15 is 0 Å². The van der Waals surface area contributed by atoms with Crippen LogP contribution < -0.4 is 14.8 Å². The smallest absolute Gasteiger partial charge is 0.165 e. The van der Waals surface area contributed by atoms with Crippen molar-refractivity contribution in [1.82, 2.24) is 5.32 Å². The molecule has 0 unspecified atom stereocenters. The zero-order chi connectivity index (χ0) is 14.6. The third kappa shape index (κ3) is 5.54. The molecule has 3 nitrogen and oxygen atoms in total. The summed E-state index contributed by atoms with van der Waals surface area (Å²) in [4.78, 5) is 0. The fraction of sp³-hybridized carbons (Fsp3) is 0.529. The van der Waals surface area contributed by atoms with E-state index in [4.69, 9.17) is 9.47 Å². The lowest BCUT2D eigenvalue weighted by Crippen LogP contribution is -2.15. The van der Waals surface area contributed by atoms with Gasteiger partial charge in [-0.2, -0.15) is 0 Å². The van der Waals surface area contributed by atoms with E-state index in [0.717, 1.165) is 43.0 Å². The number of rotatable bonds is 9. The molecule has 0 spiro atoms. The molecular formula is C17H25NO2. The molecule has 0 aliphatic rings. The van der Waals surface area contributed by atoms with E-state index in [1.165, 1.54) is 0 Å². The number of hydrogen-bond acceptors (Lipinski definition) is 3. The maximum Gasteiger partial charge on any atom is 0.165 e. The summed E-state index contributed by atoms with van der Waals surface area (Å²) in [6.45, 7) is 9.00. The van der Waals surface area contributed by atoms with Gasteiger partial charge in [-0.25, -0.2) is 0 Å². The van der Waals surface area contributed by atoms with Gasteiger partial charge in [-0.3, -0.25) is 0 Å². The first-order chi connectivity index (χ1) is 9.83. The van der Waals surface area contributed by atoms with Crippen LogP contribution in [0.1, 0.15) is 39.2 Å². The molecule has 0 heterocycles. The van der Waals surface area contributed by atoms with Gasteiger partial charge in [0.25, 0.3) is 0 Å². The lowest BCUT2D eigenvalue weighted by molar-refractivity contribution is 0.278. The van der Waals surface area contributed by atoms with E-state index in [-0.39, 0.29) is 0 Å². The minimum Gasteiger partial charge on any atom is -0.490 e. The number of nitrogens with one attached hydrogen (secondary N) is 1. The second-order valence-electron chi connectivity index (χ2n) is 4.38. The van der Waals surface area contributed by atoms with Crippen LogP contribution in [0.2, 0.25) is 0 Å². The van der Waals surface area contributed by atoms with Crippen LogP contribution in [0.4, 0.5) is 0 Å². The predicted molar refractivity (Wildman–Crippen MR) is 83.2 cm³/mol. The molecule has 3 heteroatoms. The molecule has 110 valence electrons. The number of hydrogen-bond donors (Lipinski definition) is 1. The summed E-state index contributed by atoms with van der Waals surface area (Å²) < 4.78 is 11.5. The predicted octanol–water partition coefficient (Wildman–Crippen LogP) is 3.38. The fourth-order valence-electron chi connectivity index (χ4n) is 1.86. The quantitative estimate of drug-likeness (QED) is 0.553. The van der Waals surface area contributed by atoms with Crippen LogP contribution in [-0.4, -0.2) is 19.8 Å². The van der Waals surface area contributed by atoms with Gasteiger partial charge in [0.1, 0.15) is 0 Å². The summed E-state index contributed by atoms with van der Waals surface area (Å²) in [5, 5.41) is 3.40. The SMILES string of the molecule is CC#CCCOc1c(CNCCC)cccc1OCC. The Bertz CT molecular complexity index is 446. The Kier molecular flexibility index (Phi) is 8.33. The summed E-state index contributed by atoms with van der Waals surface area (Å²) in [5.41, 5.74) is 1.13. The van der Waals surface area contributed by atoms with Crippen molar-refractivity contribution in [2.24, 2.45) is 0 Å². The molecule has 0 saturated carbocycles. The molecule has 20 heavy (non-hydrogen) atoms. The first kappa shape index (κ1) is 16.4. The van der Waals surface area contributed by atoms with Gasteiger partial charge >= 0.3 is 0 Å². The molecule has 0 aliphatic carbocycles. The minimum atomic E-state index is 0.589. The Morgan fingerprint density at radius 2 is 2.05 bits per heavy atom. The zero-order valence-corrected chi connectivity index (χ0v) is 12.8. The van der Waals surface area contributed by atoms with Crippen molar-refractivity contribution in [3.63, 3.8) is 0 Å². The summed E-state index contributed by atoms with van der Waals surface area (Å²) in [6.07, 6.45) is 1.85. The second-order valence-corrected chi connectivity index (χ2v) is 4.38. The molecule has 0 saturated heterocycles. The van der Waals surface area contributed by atoms with Gasteiger partial charge in [0, 0.05) is 18.5 Å². The molecule has 1 N–H and O–H groups in total. The monoisotopic (exact) mass is 275 g/mol. The van der Waals surface area contributed by atoms with Crippen molar-refractivity contribution in [2.75, 3.05) is 19.8 Å². The highest BCUT2D eigenvalue weighted by Gasteiger charge is 2.10. The first-order valence-electron chi connectivity index (χ1n) is 7.31. The molecule has 0 bridgehead atoms. The van der Waals surface area contributed by atoms with Crippen LogP contribution >= 0.6 is 0 Å². The topological polar surface area (TPSA) is 30.5 Å². The van der Waals surface area contributed by atoms with E-state index in [9.17, 15) is 0 Å². The van der Waals surface area contributed by atoms with Gasteiger partial charge in [0.05, 0.1) is 13.2 Å². The van der Waals surface area contributed by atoms with Crippen LogP contribution in [-0.2, 0) is 6.54 Å². The maximum atomic E-state index is 5.89. The van der Waals surface area contributed by atoms with Crippen molar-refractivity contribution >= 4 is 0 Å². The molecular weight excluding hydrogens is 250 g/mol. The van der Waals surface area contributed by atoms with Crippen LogP contribution in [0.5, 0.6) is 11.5 Å². The molecule has 0 atom stereocenters. The van der Waals surface area contributed by atoms with Crippen LogP contribution in [0.15, 0.2) is 18.2 Å². The molecule has 0 amide bonds. The Morgan fingerprint density at radius 3 is 2.75 bits per heavy atom. The summed E-state index contributed by atoms with van der Waals surface area (Å²) >= 11 is 0. The van der Waals surface area contributed by atoms with Gasteiger partial charge < -0.3 is 14.8 Å². The standard InChI is InChI=1S/C17H25NO2/c1-4-7-8-13-20-17-15(14-18-12-5-2)10-9-11-16(17)19-6-3/h9-11,18H,5-6,8,12-14H2,1-3H3. The van der Waals surface area contributed by atoms with Crippen molar-refractivity contribution in [3.05, 3.63) is 23.8 Å². The average molecular weight is 275 g/mol. The second kappa shape index (κ2) is 10.2. The molecule has 0 radical (unpaired) electrons. The first-order valence-corrected chi connectivity index (χ1v) is 7.31. The van der Waals surface area contributed by atoms with Gasteiger partial charge in [0.2, 0.25) is 0 Å². The number of ether oxygens (including phenoxy) is 2. The highest BCUT2D eigenvalue weighted by Crippen LogP contribution is 2.31. The summed E-state index contributed by atoms with van der Waals surface area (Å²) in [5.74, 6) is 7.54. The van der Waals surface area contributed by atoms with E-state index in [1.54, 1.807) is 0 Å². The van der Waals surface area contributed by atoms with E-state index in [2.05, 4.69) is 30.1 Å². The Balaban J connectivity index is 2.77. The molecule has 1 aromatic carbocycles. The third-order valence-electron chi connectivity index (χ3n) is 2.75. The Hall–Kier alpha value is -1.66. The Morgan fingerprint density at radius 1 is 1.20 bits per heavy atom. The summed E-state index contributed by atoms with van der Waals surface area (Å²) in [6, 6.07) is 6.03. The minimum absolute atomic E-state index is 0.589. The van der Waals surface area contributed by atoms with Crippen LogP contribution in [0.25, 0.3) is 0 Å². The average Bonchev–Trinajstić information content (AvgIpc) is 2.46. The van der Waals surface area contributed by atoms with Crippen LogP contribution in [0.3, 0.4) is 0 Å². The molecule has 1 aromatic rings. The highest BCUT2D eigenvalue weighted by molar-refractivity contribution is 5.46. The van der Waals surface area contributed by atoms with Gasteiger partial charge in [-0.1, -0.05) is 19.1 Å². The van der Waals surface area contributed by atoms with E-state index < -0.39 is 0 Å². The largest absolute Gasteiger partial charge is 0.490 e. The van der Waals surface area contributed by atoms with Crippen molar-refractivity contribution in [3.8, 4) is 23.3 Å². The summed E-state index contributed by atoms with van der Waals surface area (Å²) in [7, 11) is 0. The highest BCUT2D eigenvalue weighted by atomic mass is 16.5. The maximum absolute atomic E-state index is 5.89. The molecule has 0 aliphatic heterocycles. The lowest BCUT2D eigenvalue weighted by atomic mass is 10.2. The van der Waals surface area contributed by atoms with E-state index in [0.29, 0.717) is 13.2 Å². The number of para-hydroxylation sites is 1. The number of benzene rings is 1. The van der Waals surface area contributed by atoms with Crippen molar-refractivity contribution < 1.29 is 9.47 Å². The fourth-order valence-corrected chi connectivity index (χ4v) is 1.86. The van der Waals surface area contributed by atoms with Gasteiger partial charge in [0.15, 0.2) is 11.5 Å². The van der Waals surface area contributed by atoms with E-state index in [1.807, 2.05) is 26.0 Å². The zero-order valence-electron chi connectivity index (χ0n) is 12.8. The van der Waals surface area contributed by atoms with Crippen molar-refractivity contribution in [1.29, 1.82) is 0 Å². The normalized spacial score (nSPS) is 9.75. The molecule has 1 rings (SSSR count). The van der Waals surface area contributed by atoms with Crippen LogP contribution in [0, 0.1) is 11.8 Å². The Labute approximate surface area is 122 Å². The van der Waals surface area contributed by atoms with Crippen molar-refractivity contribution in [2.45, 2.75) is 40.2 Å². The lowest BCUT2D eigenvalue weighted by Gasteiger charge is -2.15. The molecule has 0 fully saturated rings. The van der Waals surface area contributed by atoms with Gasteiger partial charge in [-0.05, 0) is 32.9 Å². The third-order valence-corrected chi connectivity index (χ3v) is 2.75. The van der Waals surface area contributed by atoms with Gasteiger partial charge in [-0.15, -0.1) is 11.8 Å². The molecule has 0 aromatic heterocycles.